The highest BCUT2D eigenvalue weighted by molar-refractivity contribution is 5.73. The lowest BCUT2D eigenvalue weighted by Gasteiger charge is -2.10. The highest BCUT2D eigenvalue weighted by Crippen LogP contribution is 2.32. The van der Waals surface area contributed by atoms with Gasteiger partial charge in [0, 0.05) is 5.56 Å². The largest absolute Gasteiger partial charge is 0.507 e. The molecule has 2 N–H and O–H groups in total. The molecule has 0 aliphatic rings. The molecule has 0 fully saturated rings. The molecule has 0 saturated carbocycles. The minimum atomic E-state index is -0.0123. The van der Waals surface area contributed by atoms with E-state index in [1.165, 1.54) is 5.56 Å². The van der Waals surface area contributed by atoms with E-state index < -0.39 is 0 Å². The maximum Gasteiger partial charge on any atom is 0.123 e. The highest BCUT2D eigenvalue weighted by Gasteiger charge is 2.08. The SMILES string of the molecule is CCc1ccccc1-c1cc(CO)ccc1O. The third-order valence-corrected chi connectivity index (χ3v) is 2.93. The summed E-state index contributed by atoms with van der Waals surface area (Å²) in [5.74, 6) is 0.253. The fourth-order valence-corrected chi connectivity index (χ4v) is 1.99. The van der Waals surface area contributed by atoms with E-state index in [9.17, 15) is 5.11 Å². The topological polar surface area (TPSA) is 40.5 Å². The second-order valence-corrected chi connectivity index (χ2v) is 4.02. The van der Waals surface area contributed by atoms with Gasteiger partial charge in [0.15, 0.2) is 0 Å². The number of aliphatic hydroxyl groups is 1. The first-order chi connectivity index (χ1) is 8.26. The van der Waals surface area contributed by atoms with Crippen LogP contribution in [-0.4, -0.2) is 10.2 Å². The quantitative estimate of drug-likeness (QED) is 0.847. The molecule has 0 amide bonds. The lowest BCUT2D eigenvalue weighted by atomic mass is 9.96. The molecule has 0 spiro atoms. The number of aromatic hydroxyl groups is 1. The van der Waals surface area contributed by atoms with Gasteiger partial charge in [0.05, 0.1) is 6.61 Å². The lowest BCUT2D eigenvalue weighted by molar-refractivity contribution is 0.282. The number of aliphatic hydroxyl groups excluding tert-OH is 1. The van der Waals surface area contributed by atoms with Gasteiger partial charge in [-0.15, -0.1) is 0 Å². The van der Waals surface area contributed by atoms with Crippen molar-refractivity contribution in [1.82, 2.24) is 0 Å². The Morgan fingerprint density at radius 2 is 1.76 bits per heavy atom. The van der Waals surface area contributed by atoms with Gasteiger partial charge in [-0.3, -0.25) is 0 Å². The summed E-state index contributed by atoms with van der Waals surface area (Å²) in [5, 5.41) is 19.1. The molecule has 0 aromatic heterocycles. The van der Waals surface area contributed by atoms with Gasteiger partial charge in [0.25, 0.3) is 0 Å². The van der Waals surface area contributed by atoms with Gasteiger partial charge in [-0.25, -0.2) is 0 Å². The van der Waals surface area contributed by atoms with E-state index in [4.69, 9.17) is 5.11 Å². The van der Waals surface area contributed by atoms with Crippen molar-refractivity contribution in [3.8, 4) is 16.9 Å². The smallest absolute Gasteiger partial charge is 0.123 e. The van der Waals surface area contributed by atoms with Crippen LogP contribution in [0.25, 0.3) is 11.1 Å². The summed E-state index contributed by atoms with van der Waals surface area (Å²) in [5.41, 5.74) is 3.82. The van der Waals surface area contributed by atoms with E-state index >= 15 is 0 Å². The molecular weight excluding hydrogens is 212 g/mol. The molecule has 2 rings (SSSR count). The van der Waals surface area contributed by atoms with Gasteiger partial charge < -0.3 is 10.2 Å². The third-order valence-electron chi connectivity index (χ3n) is 2.93. The summed E-state index contributed by atoms with van der Waals surface area (Å²) in [7, 11) is 0. The zero-order valence-corrected chi connectivity index (χ0v) is 9.85. The number of rotatable bonds is 3. The van der Waals surface area contributed by atoms with Crippen LogP contribution < -0.4 is 0 Å². The minimum absolute atomic E-state index is 0.0123. The van der Waals surface area contributed by atoms with Crippen LogP contribution in [-0.2, 0) is 13.0 Å². The molecule has 0 bridgehead atoms. The van der Waals surface area contributed by atoms with Crippen LogP contribution in [0.2, 0.25) is 0 Å². The molecule has 17 heavy (non-hydrogen) atoms. The molecular formula is C15H16O2. The molecule has 2 heteroatoms. The fourth-order valence-electron chi connectivity index (χ4n) is 1.99. The van der Waals surface area contributed by atoms with Crippen molar-refractivity contribution >= 4 is 0 Å². The lowest BCUT2D eigenvalue weighted by Crippen LogP contribution is -1.90. The average molecular weight is 228 g/mol. The predicted molar refractivity (Wildman–Crippen MR) is 68.8 cm³/mol. The normalized spacial score (nSPS) is 10.5. The monoisotopic (exact) mass is 228 g/mol. The fraction of sp³-hybridized carbons (Fsp3) is 0.200. The Hall–Kier alpha value is -1.80. The van der Waals surface area contributed by atoms with Gasteiger partial charge in [0.2, 0.25) is 0 Å². The summed E-state index contributed by atoms with van der Waals surface area (Å²) < 4.78 is 0. The van der Waals surface area contributed by atoms with E-state index in [0.29, 0.717) is 0 Å². The molecule has 0 aliphatic carbocycles. The number of aryl methyl sites for hydroxylation is 1. The zero-order chi connectivity index (χ0) is 12.3. The number of phenols is 1. The van der Waals surface area contributed by atoms with Crippen LogP contribution in [0.1, 0.15) is 18.1 Å². The van der Waals surface area contributed by atoms with Crippen molar-refractivity contribution in [3.05, 3.63) is 53.6 Å². The summed E-state index contributed by atoms with van der Waals surface area (Å²) in [6, 6.07) is 13.2. The third kappa shape index (κ3) is 2.32. The molecule has 0 saturated heterocycles. The van der Waals surface area contributed by atoms with Gasteiger partial charge in [-0.2, -0.15) is 0 Å². The average Bonchev–Trinajstić information content (AvgIpc) is 2.39. The Morgan fingerprint density at radius 3 is 2.47 bits per heavy atom. The molecule has 0 aliphatic heterocycles. The minimum Gasteiger partial charge on any atom is -0.507 e. The van der Waals surface area contributed by atoms with Crippen LogP contribution in [0.3, 0.4) is 0 Å². The first-order valence-electron chi connectivity index (χ1n) is 5.77. The van der Waals surface area contributed by atoms with Gasteiger partial charge in [-0.05, 0) is 35.2 Å². The number of benzene rings is 2. The van der Waals surface area contributed by atoms with Crippen molar-refractivity contribution < 1.29 is 10.2 Å². The van der Waals surface area contributed by atoms with Crippen LogP contribution in [0.4, 0.5) is 0 Å². The Balaban J connectivity index is 2.59. The Labute approximate surface area is 101 Å². The molecule has 0 radical (unpaired) electrons. The first kappa shape index (κ1) is 11.7. The summed E-state index contributed by atoms with van der Waals surface area (Å²) in [4.78, 5) is 0. The van der Waals surface area contributed by atoms with Crippen molar-refractivity contribution in [1.29, 1.82) is 0 Å². The highest BCUT2D eigenvalue weighted by atomic mass is 16.3. The van der Waals surface area contributed by atoms with Crippen LogP contribution in [0.15, 0.2) is 42.5 Å². The number of hydrogen-bond donors (Lipinski definition) is 2. The maximum absolute atomic E-state index is 9.92. The molecule has 0 atom stereocenters. The van der Waals surface area contributed by atoms with Gasteiger partial charge in [0.1, 0.15) is 5.75 Å². The molecule has 2 aromatic carbocycles. The predicted octanol–water partition coefficient (Wildman–Crippen LogP) is 3.11. The van der Waals surface area contributed by atoms with Crippen molar-refractivity contribution in [2.24, 2.45) is 0 Å². The second kappa shape index (κ2) is 5.02. The maximum atomic E-state index is 9.92. The van der Waals surface area contributed by atoms with E-state index in [1.807, 2.05) is 24.3 Å². The molecule has 0 heterocycles. The van der Waals surface area contributed by atoms with Gasteiger partial charge in [-0.1, -0.05) is 37.3 Å². The van der Waals surface area contributed by atoms with E-state index in [1.54, 1.807) is 12.1 Å². The number of hydrogen-bond acceptors (Lipinski definition) is 2. The standard InChI is InChI=1S/C15H16O2/c1-2-12-5-3-4-6-13(12)14-9-11(10-16)7-8-15(14)17/h3-9,16-17H,2,10H2,1H3. The summed E-state index contributed by atoms with van der Waals surface area (Å²) >= 11 is 0. The second-order valence-electron chi connectivity index (χ2n) is 4.02. The molecule has 2 nitrogen and oxygen atoms in total. The van der Waals surface area contributed by atoms with Crippen LogP contribution in [0.5, 0.6) is 5.75 Å². The van der Waals surface area contributed by atoms with E-state index in [-0.39, 0.29) is 12.4 Å². The van der Waals surface area contributed by atoms with E-state index in [2.05, 4.69) is 13.0 Å². The van der Waals surface area contributed by atoms with Crippen molar-refractivity contribution in [2.45, 2.75) is 20.0 Å². The molecule has 88 valence electrons. The Morgan fingerprint density at radius 1 is 1.00 bits per heavy atom. The zero-order valence-electron chi connectivity index (χ0n) is 9.85. The number of phenolic OH excluding ortho intramolecular Hbond substituents is 1. The first-order valence-corrected chi connectivity index (χ1v) is 5.77. The summed E-state index contributed by atoms with van der Waals surface area (Å²) in [6.07, 6.45) is 0.916. The summed E-state index contributed by atoms with van der Waals surface area (Å²) in [6.45, 7) is 2.08. The van der Waals surface area contributed by atoms with Crippen LogP contribution in [0, 0.1) is 0 Å². The van der Waals surface area contributed by atoms with Gasteiger partial charge >= 0.3 is 0 Å². The molecule has 2 aromatic rings. The van der Waals surface area contributed by atoms with Crippen LogP contribution >= 0.6 is 0 Å². The van der Waals surface area contributed by atoms with Crippen molar-refractivity contribution in [3.63, 3.8) is 0 Å². The van der Waals surface area contributed by atoms with Crippen molar-refractivity contribution in [2.75, 3.05) is 0 Å². The Bertz CT molecular complexity index is 518. The molecule has 0 unspecified atom stereocenters. The Kier molecular flexibility index (Phi) is 3.45. The van der Waals surface area contributed by atoms with E-state index in [0.717, 1.165) is 23.1 Å².